The van der Waals surface area contributed by atoms with Crippen molar-refractivity contribution in [3.8, 4) is 11.3 Å². The number of benzene rings is 2. The van der Waals surface area contributed by atoms with E-state index in [1.165, 1.54) is 24.3 Å². The lowest BCUT2D eigenvalue weighted by molar-refractivity contribution is -0.159. The Morgan fingerprint density at radius 2 is 1.68 bits per heavy atom. The molecule has 0 bridgehead atoms. The predicted octanol–water partition coefficient (Wildman–Crippen LogP) is 3.13. The van der Waals surface area contributed by atoms with Crippen LogP contribution < -0.4 is 5.32 Å². The largest absolute Gasteiger partial charge is 0.473 e. The van der Waals surface area contributed by atoms with Gasteiger partial charge in [-0.1, -0.05) is 12.1 Å². The minimum absolute atomic E-state index is 0.258. The molecule has 1 heterocycles. The molecule has 0 fully saturated rings. The first-order valence-corrected chi connectivity index (χ1v) is 8.00. The van der Waals surface area contributed by atoms with Crippen LogP contribution in [0.4, 0.5) is 14.7 Å². The number of hydrogen-bond donors (Lipinski definition) is 3. The van der Waals surface area contributed by atoms with E-state index in [-0.39, 0.29) is 11.6 Å². The number of halogens is 2. The summed E-state index contributed by atoms with van der Waals surface area (Å²) in [5.41, 5.74) is 2.60. The fourth-order valence-corrected chi connectivity index (χ4v) is 2.29. The molecular weight excluding hydrogens is 372 g/mol. The highest BCUT2D eigenvalue weighted by atomic mass is 19.1. The molecule has 7 nitrogen and oxygen atoms in total. The fourth-order valence-electron chi connectivity index (χ4n) is 2.29. The monoisotopic (exact) mass is 389 g/mol. The van der Waals surface area contributed by atoms with Crippen LogP contribution in [0.5, 0.6) is 0 Å². The molecular formula is C19H17F2N3O4. The Kier molecular flexibility index (Phi) is 6.80. The molecule has 9 heteroatoms. The van der Waals surface area contributed by atoms with E-state index < -0.39 is 11.9 Å². The van der Waals surface area contributed by atoms with Crippen LogP contribution in [0.15, 0.2) is 54.7 Å². The Labute approximate surface area is 158 Å². The van der Waals surface area contributed by atoms with Gasteiger partial charge >= 0.3 is 11.9 Å². The zero-order chi connectivity index (χ0) is 20.7. The Bertz CT molecular complexity index is 960. The number of aliphatic carboxylic acids is 2. The van der Waals surface area contributed by atoms with E-state index in [0.717, 1.165) is 16.8 Å². The number of carbonyl (C=O) groups is 2. The summed E-state index contributed by atoms with van der Waals surface area (Å²) < 4.78 is 28.0. The summed E-state index contributed by atoms with van der Waals surface area (Å²) in [7, 11) is 1.87. The van der Waals surface area contributed by atoms with Crippen LogP contribution in [-0.2, 0) is 23.2 Å². The zero-order valence-electron chi connectivity index (χ0n) is 14.8. The van der Waals surface area contributed by atoms with E-state index in [1.54, 1.807) is 24.4 Å². The summed E-state index contributed by atoms with van der Waals surface area (Å²) in [6.45, 7) is 0.478. The van der Waals surface area contributed by atoms with Gasteiger partial charge in [0.2, 0.25) is 5.95 Å². The standard InChI is InChI=1S/C17H15F2N3.C2H2O4/c1-22-16(13-5-7-14(18)8-6-13)11-21-17(22)20-10-12-3-2-4-15(19)9-12;3-1(4)2(5)6/h2-9,11H,10H2,1H3,(H,20,21);(H,3,4)(H,5,6). The van der Waals surface area contributed by atoms with E-state index in [1.807, 2.05) is 17.7 Å². The molecule has 3 rings (SSSR count). The van der Waals surface area contributed by atoms with Crippen LogP contribution in [0.1, 0.15) is 5.56 Å². The molecule has 2 aromatic carbocycles. The van der Waals surface area contributed by atoms with E-state index in [9.17, 15) is 8.78 Å². The third-order valence-corrected chi connectivity index (χ3v) is 3.65. The maximum atomic E-state index is 13.2. The summed E-state index contributed by atoms with van der Waals surface area (Å²) in [4.78, 5) is 22.5. The number of nitrogens with zero attached hydrogens (tertiary/aromatic N) is 2. The number of carboxylic acids is 2. The van der Waals surface area contributed by atoms with Crippen LogP contribution in [0, 0.1) is 11.6 Å². The summed E-state index contributed by atoms with van der Waals surface area (Å²) >= 11 is 0. The molecule has 146 valence electrons. The lowest BCUT2D eigenvalue weighted by Gasteiger charge is -2.08. The number of imidazole rings is 1. The quantitative estimate of drug-likeness (QED) is 0.592. The Morgan fingerprint density at radius 3 is 2.25 bits per heavy atom. The zero-order valence-corrected chi connectivity index (χ0v) is 14.8. The molecule has 1 aromatic heterocycles. The van der Waals surface area contributed by atoms with Crippen molar-refractivity contribution < 1.29 is 28.6 Å². The summed E-state index contributed by atoms with van der Waals surface area (Å²) in [5.74, 6) is -3.50. The van der Waals surface area contributed by atoms with Crippen molar-refractivity contribution in [3.63, 3.8) is 0 Å². The first-order valence-electron chi connectivity index (χ1n) is 8.00. The third-order valence-electron chi connectivity index (χ3n) is 3.65. The summed E-state index contributed by atoms with van der Waals surface area (Å²) in [6.07, 6.45) is 1.72. The van der Waals surface area contributed by atoms with Gasteiger partial charge in [-0.15, -0.1) is 0 Å². The van der Waals surface area contributed by atoms with Crippen LogP contribution in [0.2, 0.25) is 0 Å². The number of carboxylic acid groups (broad SMARTS) is 2. The second-order valence-electron chi connectivity index (χ2n) is 5.63. The van der Waals surface area contributed by atoms with Gasteiger partial charge in [-0.05, 0) is 42.0 Å². The van der Waals surface area contributed by atoms with E-state index in [4.69, 9.17) is 19.8 Å². The molecule has 0 saturated heterocycles. The normalized spacial score (nSPS) is 9.96. The fraction of sp³-hybridized carbons (Fsp3) is 0.105. The second kappa shape index (κ2) is 9.26. The van der Waals surface area contributed by atoms with Crippen molar-refractivity contribution in [2.45, 2.75) is 6.54 Å². The summed E-state index contributed by atoms with van der Waals surface area (Å²) in [6, 6.07) is 12.7. The molecule has 3 aromatic rings. The van der Waals surface area contributed by atoms with Crippen molar-refractivity contribution in [1.29, 1.82) is 0 Å². The molecule has 28 heavy (non-hydrogen) atoms. The predicted molar refractivity (Wildman–Crippen MR) is 97.6 cm³/mol. The molecule has 3 N–H and O–H groups in total. The van der Waals surface area contributed by atoms with Gasteiger partial charge in [-0.2, -0.15) is 0 Å². The molecule has 0 atom stereocenters. The first kappa shape index (κ1) is 20.6. The van der Waals surface area contributed by atoms with Crippen LogP contribution in [0.25, 0.3) is 11.3 Å². The van der Waals surface area contributed by atoms with Gasteiger partial charge in [-0.3, -0.25) is 0 Å². The van der Waals surface area contributed by atoms with Crippen molar-refractivity contribution in [2.75, 3.05) is 5.32 Å². The van der Waals surface area contributed by atoms with E-state index in [0.29, 0.717) is 12.5 Å². The second-order valence-corrected chi connectivity index (χ2v) is 5.63. The number of rotatable bonds is 4. The molecule has 0 aliphatic rings. The van der Waals surface area contributed by atoms with Crippen molar-refractivity contribution >= 4 is 17.9 Å². The number of hydrogen-bond acceptors (Lipinski definition) is 4. The maximum absolute atomic E-state index is 13.2. The third kappa shape index (κ3) is 5.63. The Balaban J connectivity index is 0.000000409. The SMILES string of the molecule is Cn1c(-c2ccc(F)cc2)cnc1NCc1cccc(F)c1.O=C(O)C(=O)O. The highest BCUT2D eigenvalue weighted by molar-refractivity contribution is 6.27. The topological polar surface area (TPSA) is 104 Å². The smallest absolute Gasteiger partial charge is 0.414 e. The van der Waals surface area contributed by atoms with Crippen molar-refractivity contribution in [3.05, 3.63) is 71.9 Å². The average molecular weight is 389 g/mol. The van der Waals surface area contributed by atoms with Gasteiger partial charge in [0, 0.05) is 19.2 Å². The summed E-state index contributed by atoms with van der Waals surface area (Å²) in [5, 5.41) is 18.0. The molecule has 0 unspecified atom stereocenters. The number of nitrogens with one attached hydrogen (secondary N) is 1. The maximum Gasteiger partial charge on any atom is 0.414 e. The minimum Gasteiger partial charge on any atom is -0.473 e. The van der Waals surface area contributed by atoms with Gasteiger partial charge in [0.15, 0.2) is 0 Å². The van der Waals surface area contributed by atoms with E-state index in [2.05, 4.69) is 10.3 Å². The lowest BCUT2D eigenvalue weighted by atomic mass is 10.2. The molecule has 0 saturated carbocycles. The van der Waals surface area contributed by atoms with Crippen molar-refractivity contribution in [2.24, 2.45) is 7.05 Å². The first-order chi connectivity index (χ1) is 13.3. The lowest BCUT2D eigenvalue weighted by Crippen LogP contribution is -2.09. The van der Waals surface area contributed by atoms with Gasteiger partial charge < -0.3 is 20.1 Å². The van der Waals surface area contributed by atoms with Gasteiger partial charge in [0.05, 0.1) is 11.9 Å². The molecule has 0 aliphatic heterocycles. The van der Waals surface area contributed by atoms with Crippen LogP contribution in [0.3, 0.4) is 0 Å². The van der Waals surface area contributed by atoms with Crippen LogP contribution >= 0.6 is 0 Å². The molecule has 0 amide bonds. The van der Waals surface area contributed by atoms with Gasteiger partial charge in [0.1, 0.15) is 11.6 Å². The average Bonchev–Trinajstić information content (AvgIpc) is 3.02. The molecule has 0 spiro atoms. The van der Waals surface area contributed by atoms with E-state index >= 15 is 0 Å². The van der Waals surface area contributed by atoms with Gasteiger partial charge in [0.25, 0.3) is 0 Å². The molecule has 0 aliphatic carbocycles. The van der Waals surface area contributed by atoms with Crippen molar-refractivity contribution in [1.82, 2.24) is 9.55 Å². The Morgan fingerprint density at radius 1 is 1.04 bits per heavy atom. The Hall–Kier alpha value is -3.75. The van der Waals surface area contributed by atoms with Gasteiger partial charge in [-0.25, -0.2) is 23.4 Å². The van der Waals surface area contributed by atoms with Crippen LogP contribution in [-0.4, -0.2) is 31.7 Å². The highest BCUT2D eigenvalue weighted by Crippen LogP contribution is 2.22. The highest BCUT2D eigenvalue weighted by Gasteiger charge is 2.08. The number of aromatic nitrogens is 2. The molecule has 0 radical (unpaired) electrons. The number of anilines is 1. The minimum atomic E-state index is -1.82.